The Morgan fingerprint density at radius 3 is 0.730 bits per heavy atom. The first-order chi connectivity index (χ1) is 31.2. The predicted octanol–water partition coefficient (Wildman–Crippen LogP) is 18.8. The smallest absolute Gasteiger partial charge is 0.0434 e. The minimum absolute atomic E-state index is 1.22. The molecule has 0 atom stereocenters. The van der Waals surface area contributed by atoms with Gasteiger partial charge >= 0.3 is 0 Å². The summed E-state index contributed by atoms with van der Waals surface area (Å²) in [7, 11) is 0. The third-order valence-corrected chi connectivity index (χ3v) is 16.5. The maximum atomic E-state index is 2.29. The summed E-state index contributed by atoms with van der Waals surface area (Å²) in [4.78, 5) is 0. The molecule has 13 aromatic rings. The van der Waals surface area contributed by atoms with E-state index in [2.05, 4.69) is 218 Å². The van der Waals surface area contributed by atoms with Gasteiger partial charge in [-0.3, -0.25) is 0 Å². The van der Waals surface area contributed by atoms with Gasteiger partial charge in [-0.25, -0.2) is 0 Å². The summed E-state index contributed by atoms with van der Waals surface area (Å²) in [6, 6.07) is 80.8. The molecular weight excluding hydrogens is 817 g/mol. The Morgan fingerprint density at radius 1 is 0.175 bits per heavy atom. The molecule has 3 heteroatoms. The molecule has 0 saturated heterocycles. The molecule has 0 radical (unpaired) electrons. The molecule has 3 aromatic heterocycles. The average molecular weight is 853 g/mol. The molecule has 0 aliphatic rings. The highest BCUT2D eigenvalue weighted by atomic mass is 32.1. The Kier molecular flexibility index (Phi) is 8.55. The maximum Gasteiger partial charge on any atom is 0.0434 e. The Bertz CT molecular complexity index is 3610. The van der Waals surface area contributed by atoms with Gasteiger partial charge in [-0.2, -0.15) is 0 Å². The van der Waals surface area contributed by atoms with Gasteiger partial charge in [-0.05, 0) is 78.9 Å². The van der Waals surface area contributed by atoms with Gasteiger partial charge in [0.05, 0.1) is 0 Å². The van der Waals surface area contributed by atoms with E-state index in [1.807, 2.05) is 34.0 Å². The largest absolute Gasteiger partial charge is 0.135 e. The molecule has 10 aromatic carbocycles. The Morgan fingerprint density at radius 2 is 0.413 bits per heavy atom. The molecule has 0 aliphatic heterocycles. The van der Waals surface area contributed by atoms with Crippen LogP contribution in [0.3, 0.4) is 0 Å². The fourth-order valence-electron chi connectivity index (χ4n) is 9.59. The molecule has 63 heavy (non-hydrogen) atoms. The summed E-state index contributed by atoms with van der Waals surface area (Å²) in [6.45, 7) is 0. The third kappa shape index (κ3) is 6.07. The normalized spacial score (nSPS) is 11.8. The fourth-order valence-corrected chi connectivity index (χ4v) is 13.4. The first-order valence-corrected chi connectivity index (χ1v) is 23.8. The highest BCUT2D eigenvalue weighted by Crippen LogP contribution is 2.45. The van der Waals surface area contributed by atoms with Crippen molar-refractivity contribution in [2.75, 3.05) is 0 Å². The lowest BCUT2D eigenvalue weighted by Gasteiger charge is -2.08. The van der Waals surface area contributed by atoms with E-state index < -0.39 is 0 Å². The van der Waals surface area contributed by atoms with Crippen molar-refractivity contribution in [3.05, 3.63) is 218 Å². The predicted molar refractivity (Wildman–Crippen MR) is 278 cm³/mol. The summed E-state index contributed by atoms with van der Waals surface area (Å²) in [6.07, 6.45) is 0. The van der Waals surface area contributed by atoms with Crippen molar-refractivity contribution in [3.8, 4) is 66.8 Å². The molecule has 0 fully saturated rings. The highest BCUT2D eigenvalue weighted by molar-refractivity contribution is 7.27. The topological polar surface area (TPSA) is 0 Å². The second kappa shape index (κ2) is 14.8. The molecule has 0 aliphatic carbocycles. The first kappa shape index (κ1) is 36.5. The van der Waals surface area contributed by atoms with Crippen LogP contribution < -0.4 is 0 Å². The van der Waals surface area contributed by atoms with Crippen LogP contribution in [0.25, 0.3) is 127 Å². The van der Waals surface area contributed by atoms with E-state index in [1.54, 1.807) is 0 Å². The minimum Gasteiger partial charge on any atom is -0.135 e. The van der Waals surface area contributed by atoms with Gasteiger partial charge in [0.1, 0.15) is 0 Å². The van der Waals surface area contributed by atoms with Crippen molar-refractivity contribution in [1.82, 2.24) is 0 Å². The van der Waals surface area contributed by atoms with Crippen LogP contribution in [-0.2, 0) is 0 Å². The van der Waals surface area contributed by atoms with Gasteiger partial charge in [0.2, 0.25) is 0 Å². The lowest BCUT2D eigenvalue weighted by molar-refractivity contribution is 1.60. The van der Waals surface area contributed by atoms with E-state index >= 15 is 0 Å². The van der Waals surface area contributed by atoms with Crippen LogP contribution in [0.1, 0.15) is 0 Å². The minimum atomic E-state index is 1.22. The van der Waals surface area contributed by atoms with Gasteiger partial charge in [-0.15, -0.1) is 34.0 Å². The van der Waals surface area contributed by atoms with Crippen molar-refractivity contribution < 1.29 is 0 Å². The lowest BCUT2D eigenvalue weighted by atomic mass is 9.96. The Labute approximate surface area is 377 Å². The van der Waals surface area contributed by atoms with E-state index in [0.717, 1.165) is 0 Å². The zero-order valence-electron chi connectivity index (χ0n) is 34.0. The number of hydrogen-bond donors (Lipinski definition) is 0. The van der Waals surface area contributed by atoms with E-state index in [4.69, 9.17) is 0 Å². The summed E-state index contributed by atoms with van der Waals surface area (Å²) in [5.41, 5.74) is 15.0. The quantitative estimate of drug-likeness (QED) is 0.156. The zero-order chi connectivity index (χ0) is 41.4. The molecular formula is C60H36S3. The van der Waals surface area contributed by atoms with Gasteiger partial charge in [-0.1, -0.05) is 206 Å². The summed E-state index contributed by atoms with van der Waals surface area (Å²) >= 11 is 5.68. The molecule has 0 saturated carbocycles. The molecule has 0 N–H and O–H groups in total. The van der Waals surface area contributed by atoms with E-state index in [0.29, 0.717) is 0 Å². The summed E-state index contributed by atoms with van der Waals surface area (Å²) in [5, 5.41) is 7.97. The second-order valence-corrected chi connectivity index (χ2v) is 19.5. The molecule has 0 bridgehead atoms. The second-order valence-electron chi connectivity index (χ2n) is 16.3. The van der Waals surface area contributed by atoms with Crippen LogP contribution in [0, 0.1) is 0 Å². The third-order valence-electron chi connectivity index (χ3n) is 12.8. The molecule has 0 unspecified atom stereocenters. The summed E-state index contributed by atoms with van der Waals surface area (Å²) in [5.74, 6) is 0. The number of fused-ring (bicyclic) bond motifs is 9. The number of hydrogen-bond acceptors (Lipinski definition) is 3. The van der Waals surface area contributed by atoms with Crippen molar-refractivity contribution in [2.24, 2.45) is 0 Å². The van der Waals surface area contributed by atoms with Gasteiger partial charge < -0.3 is 0 Å². The molecule has 294 valence electrons. The standard InChI is InChI=1S/C60H36S3/c1-3-19-55-49(9-1)51-15-5-11-45(57(51)61-55)41-29-21-37(22-30-41)39-25-33-43(34-26-39)47-13-7-17-53-54-18-8-14-48(60(54)63-59(47)53)44-35-27-40(28-36-44)38-23-31-42(32-24-38)46-12-6-16-52-50-10-2-4-20-56(50)62-58(46)52/h1-36H. The lowest BCUT2D eigenvalue weighted by Crippen LogP contribution is -1.83. The Balaban J connectivity index is 0.777. The van der Waals surface area contributed by atoms with Crippen molar-refractivity contribution >= 4 is 94.5 Å². The van der Waals surface area contributed by atoms with Crippen LogP contribution in [0.4, 0.5) is 0 Å². The SMILES string of the molecule is c1ccc2c(c1)sc1c(-c3ccc(-c4ccc(-c5cccc6c5sc5c(-c7ccc(-c8ccc(-c9cccc%10c9sc9ccccc9%10)cc8)cc7)cccc56)cc4)cc3)cccc12. The molecule has 3 heterocycles. The molecule has 0 amide bonds. The molecule has 0 spiro atoms. The first-order valence-electron chi connectivity index (χ1n) is 21.4. The van der Waals surface area contributed by atoms with E-state index in [-0.39, 0.29) is 0 Å². The van der Waals surface area contributed by atoms with Gasteiger partial charge in [0.25, 0.3) is 0 Å². The number of benzene rings is 10. The average Bonchev–Trinajstić information content (AvgIpc) is 4.06. The summed E-state index contributed by atoms with van der Waals surface area (Å²) < 4.78 is 8.04. The van der Waals surface area contributed by atoms with Gasteiger partial charge in [0.15, 0.2) is 0 Å². The monoisotopic (exact) mass is 852 g/mol. The van der Waals surface area contributed by atoms with Crippen LogP contribution in [0.2, 0.25) is 0 Å². The van der Waals surface area contributed by atoms with Crippen LogP contribution >= 0.6 is 34.0 Å². The van der Waals surface area contributed by atoms with E-state index in [9.17, 15) is 0 Å². The van der Waals surface area contributed by atoms with E-state index in [1.165, 1.54) is 127 Å². The van der Waals surface area contributed by atoms with Gasteiger partial charge in [0, 0.05) is 60.5 Å². The molecule has 0 nitrogen and oxygen atoms in total. The zero-order valence-corrected chi connectivity index (χ0v) is 36.5. The van der Waals surface area contributed by atoms with Crippen molar-refractivity contribution in [2.45, 2.75) is 0 Å². The van der Waals surface area contributed by atoms with Crippen molar-refractivity contribution in [3.63, 3.8) is 0 Å². The maximum absolute atomic E-state index is 2.29. The Hall–Kier alpha value is -7.14. The fraction of sp³-hybridized carbons (Fsp3) is 0. The molecule has 13 rings (SSSR count). The number of thiophene rings is 3. The number of rotatable bonds is 6. The van der Waals surface area contributed by atoms with Crippen LogP contribution in [0.15, 0.2) is 218 Å². The van der Waals surface area contributed by atoms with Crippen LogP contribution in [0.5, 0.6) is 0 Å². The van der Waals surface area contributed by atoms with Crippen LogP contribution in [-0.4, -0.2) is 0 Å². The highest BCUT2D eigenvalue weighted by Gasteiger charge is 2.16. The van der Waals surface area contributed by atoms with Crippen molar-refractivity contribution in [1.29, 1.82) is 0 Å².